The lowest BCUT2D eigenvalue weighted by atomic mass is 10.1. The molecule has 0 spiro atoms. The number of aromatic nitrogens is 2. The van der Waals surface area contributed by atoms with Crippen LogP contribution in [0.2, 0.25) is 5.02 Å². The molecule has 0 N–H and O–H groups in total. The maximum Gasteiger partial charge on any atom is 0.233 e. The van der Waals surface area contributed by atoms with Crippen LogP contribution in [0.25, 0.3) is 33.7 Å². The molecule has 0 saturated carbocycles. The minimum absolute atomic E-state index is 0.344. The topological polar surface area (TPSA) is 29.9 Å². The third-order valence-electron chi connectivity index (χ3n) is 4.97. The Morgan fingerprint density at radius 2 is 1.70 bits per heavy atom. The van der Waals surface area contributed by atoms with Crippen LogP contribution in [0.5, 0.6) is 0 Å². The summed E-state index contributed by atoms with van der Waals surface area (Å²) in [5.41, 5.74) is 5.47. The highest BCUT2D eigenvalue weighted by Crippen LogP contribution is 2.28. The standard InChI is InChI=1S/C25H17ClFN2O/c26-22-14-21(27)10-8-19(22)15-29-12-4-7-20(16-29)25-28-23-13-18(9-11-24(23)30-25)17-5-2-1-3-6-17/h1-14,16H,15H2/q+1. The zero-order valence-corrected chi connectivity index (χ0v) is 16.7. The smallest absolute Gasteiger partial charge is 0.233 e. The number of rotatable bonds is 4. The van der Waals surface area contributed by atoms with Gasteiger partial charge >= 0.3 is 0 Å². The van der Waals surface area contributed by atoms with Crippen molar-refractivity contribution in [2.75, 3.05) is 0 Å². The molecule has 0 aliphatic heterocycles. The van der Waals surface area contributed by atoms with E-state index >= 15 is 0 Å². The SMILES string of the molecule is Fc1ccc(C[n+]2cccc(-c3nc4cc(-c5ccccc5)ccc4o3)c2)c(Cl)c1. The van der Waals surface area contributed by atoms with E-state index in [1.807, 2.05) is 65.5 Å². The van der Waals surface area contributed by atoms with Gasteiger partial charge in [-0.3, -0.25) is 0 Å². The molecule has 146 valence electrons. The van der Waals surface area contributed by atoms with E-state index in [-0.39, 0.29) is 5.82 Å². The number of halogens is 2. The van der Waals surface area contributed by atoms with Crippen molar-refractivity contribution < 1.29 is 13.4 Å². The van der Waals surface area contributed by atoms with E-state index in [1.54, 1.807) is 6.07 Å². The molecule has 2 aromatic heterocycles. The Kier molecular flexibility index (Phi) is 4.77. The molecule has 0 radical (unpaired) electrons. The number of pyridine rings is 1. The molecule has 0 saturated heterocycles. The maximum atomic E-state index is 13.3. The van der Waals surface area contributed by atoms with Crippen LogP contribution in [0, 0.1) is 5.82 Å². The molecule has 0 unspecified atom stereocenters. The molecule has 0 fully saturated rings. The van der Waals surface area contributed by atoms with Crippen LogP contribution in [0.4, 0.5) is 4.39 Å². The summed E-state index contributed by atoms with van der Waals surface area (Å²) in [6.45, 7) is 0.519. The van der Waals surface area contributed by atoms with Gasteiger partial charge in [0.05, 0.1) is 5.02 Å². The zero-order chi connectivity index (χ0) is 20.5. The second-order valence-corrected chi connectivity index (χ2v) is 7.48. The Hall–Kier alpha value is -3.50. The lowest BCUT2D eigenvalue weighted by Crippen LogP contribution is -2.33. The molecule has 0 aliphatic rings. The highest BCUT2D eigenvalue weighted by atomic mass is 35.5. The van der Waals surface area contributed by atoms with Crippen molar-refractivity contribution in [3.8, 4) is 22.6 Å². The van der Waals surface area contributed by atoms with E-state index in [9.17, 15) is 4.39 Å². The number of oxazole rings is 1. The van der Waals surface area contributed by atoms with Crippen LogP contribution in [-0.4, -0.2) is 4.98 Å². The largest absolute Gasteiger partial charge is 0.436 e. The van der Waals surface area contributed by atoms with E-state index in [0.29, 0.717) is 17.5 Å². The fourth-order valence-electron chi connectivity index (χ4n) is 3.45. The van der Waals surface area contributed by atoms with E-state index in [4.69, 9.17) is 21.0 Å². The third kappa shape index (κ3) is 3.70. The Labute approximate surface area is 178 Å². The molecule has 2 heterocycles. The first-order valence-electron chi connectivity index (χ1n) is 9.55. The van der Waals surface area contributed by atoms with Gasteiger partial charge in [-0.2, -0.15) is 4.57 Å². The van der Waals surface area contributed by atoms with Crippen molar-refractivity contribution in [1.29, 1.82) is 0 Å². The first kappa shape index (κ1) is 18.5. The predicted octanol–water partition coefficient (Wildman–Crippen LogP) is 6.29. The molecule has 3 aromatic carbocycles. The quantitative estimate of drug-likeness (QED) is 0.323. The number of nitrogens with zero attached hydrogens (tertiary/aromatic N) is 2. The minimum Gasteiger partial charge on any atom is -0.436 e. The highest BCUT2D eigenvalue weighted by Gasteiger charge is 2.14. The van der Waals surface area contributed by atoms with E-state index in [0.717, 1.165) is 33.4 Å². The summed E-state index contributed by atoms with van der Waals surface area (Å²) in [7, 11) is 0. The van der Waals surface area contributed by atoms with Gasteiger partial charge in [0.15, 0.2) is 24.5 Å². The van der Waals surface area contributed by atoms with Crippen molar-refractivity contribution in [1.82, 2.24) is 4.98 Å². The minimum atomic E-state index is -0.344. The number of benzene rings is 3. The molecular formula is C25H17ClFN2O+. The normalized spacial score (nSPS) is 11.1. The Bertz CT molecular complexity index is 1350. The van der Waals surface area contributed by atoms with Gasteiger partial charge in [-0.25, -0.2) is 9.37 Å². The average molecular weight is 416 g/mol. The second kappa shape index (κ2) is 7.73. The van der Waals surface area contributed by atoms with Gasteiger partial charge in [0.2, 0.25) is 5.89 Å². The molecule has 0 atom stereocenters. The predicted molar refractivity (Wildman–Crippen MR) is 116 cm³/mol. The van der Waals surface area contributed by atoms with Crippen molar-refractivity contribution in [3.05, 3.63) is 108 Å². The van der Waals surface area contributed by atoms with Crippen LogP contribution in [-0.2, 0) is 6.54 Å². The summed E-state index contributed by atoms with van der Waals surface area (Å²) in [5, 5.41) is 0.406. The fraction of sp³-hybridized carbons (Fsp3) is 0.0400. The molecule has 5 aromatic rings. The first-order valence-corrected chi connectivity index (χ1v) is 9.93. The number of hydrogen-bond donors (Lipinski definition) is 0. The van der Waals surface area contributed by atoms with Crippen LogP contribution in [0.1, 0.15) is 5.56 Å². The average Bonchev–Trinajstić information content (AvgIpc) is 3.20. The van der Waals surface area contributed by atoms with Crippen LogP contribution in [0.3, 0.4) is 0 Å². The molecule has 0 amide bonds. The fourth-order valence-corrected chi connectivity index (χ4v) is 3.68. The van der Waals surface area contributed by atoms with Gasteiger partial charge in [0.25, 0.3) is 0 Å². The summed E-state index contributed by atoms with van der Waals surface area (Å²) in [5.74, 6) is 0.207. The Morgan fingerprint density at radius 3 is 2.53 bits per heavy atom. The van der Waals surface area contributed by atoms with Crippen molar-refractivity contribution >= 4 is 22.7 Å². The molecule has 5 heteroatoms. The first-order chi connectivity index (χ1) is 14.7. The van der Waals surface area contributed by atoms with Crippen LogP contribution in [0.15, 0.2) is 95.7 Å². The number of fused-ring (bicyclic) bond motifs is 1. The maximum absolute atomic E-state index is 13.3. The van der Waals surface area contributed by atoms with Gasteiger partial charge in [-0.05, 0) is 47.5 Å². The molecule has 5 rings (SSSR count). The summed E-state index contributed by atoms with van der Waals surface area (Å²) < 4.78 is 21.3. The second-order valence-electron chi connectivity index (χ2n) is 7.07. The molecule has 0 aliphatic carbocycles. The lowest BCUT2D eigenvalue weighted by molar-refractivity contribution is -0.687. The third-order valence-corrected chi connectivity index (χ3v) is 5.32. The van der Waals surface area contributed by atoms with Crippen LogP contribution < -0.4 is 4.57 Å². The van der Waals surface area contributed by atoms with Gasteiger partial charge in [-0.15, -0.1) is 0 Å². The monoisotopic (exact) mass is 415 g/mol. The van der Waals surface area contributed by atoms with Crippen molar-refractivity contribution in [2.45, 2.75) is 6.54 Å². The molecular weight excluding hydrogens is 399 g/mol. The Balaban J connectivity index is 1.47. The number of hydrogen-bond acceptors (Lipinski definition) is 2. The van der Waals surface area contributed by atoms with E-state index < -0.39 is 0 Å². The summed E-state index contributed by atoms with van der Waals surface area (Å²) in [6, 6.07) is 24.5. The van der Waals surface area contributed by atoms with Crippen molar-refractivity contribution in [3.63, 3.8) is 0 Å². The van der Waals surface area contributed by atoms with E-state index in [2.05, 4.69) is 12.1 Å². The van der Waals surface area contributed by atoms with Gasteiger partial charge < -0.3 is 4.42 Å². The summed E-state index contributed by atoms with van der Waals surface area (Å²) >= 11 is 6.17. The molecule has 3 nitrogen and oxygen atoms in total. The summed E-state index contributed by atoms with van der Waals surface area (Å²) in [4.78, 5) is 4.69. The van der Waals surface area contributed by atoms with E-state index in [1.165, 1.54) is 12.1 Å². The lowest BCUT2D eigenvalue weighted by Gasteiger charge is -2.02. The van der Waals surface area contributed by atoms with Crippen LogP contribution >= 0.6 is 11.6 Å². The Morgan fingerprint density at radius 1 is 0.867 bits per heavy atom. The zero-order valence-electron chi connectivity index (χ0n) is 15.9. The molecule has 0 bridgehead atoms. The summed E-state index contributed by atoms with van der Waals surface area (Å²) in [6.07, 6.45) is 3.88. The molecule has 30 heavy (non-hydrogen) atoms. The van der Waals surface area contributed by atoms with Gasteiger partial charge in [0, 0.05) is 11.6 Å². The highest BCUT2D eigenvalue weighted by molar-refractivity contribution is 6.31. The van der Waals surface area contributed by atoms with Crippen molar-refractivity contribution in [2.24, 2.45) is 0 Å². The van der Waals surface area contributed by atoms with Gasteiger partial charge in [-0.1, -0.05) is 48.0 Å². The van der Waals surface area contributed by atoms with Gasteiger partial charge in [0.1, 0.15) is 16.9 Å².